The topological polar surface area (TPSA) is 12.4 Å². The third-order valence-corrected chi connectivity index (χ3v) is 1.86. The molecular weight excluding hydrogens is 110 g/mol. The Morgan fingerprint density at radius 3 is 2.33 bits per heavy atom. The van der Waals surface area contributed by atoms with Gasteiger partial charge in [0.1, 0.15) is 0 Å². The maximum atomic E-state index is 3.96. The predicted octanol–water partition coefficient (Wildman–Crippen LogP) is 2.51. The van der Waals surface area contributed by atoms with Crippen molar-refractivity contribution in [2.45, 2.75) is 39.7 Å². The highest BCUT2D eigenvalue weighted by Crippen LogP contribution is 2.11. The van der Waals surface area contributed by atoms with Crippen molar-refractivity contribution >= 4 is 6.72 Å². The molecule has 1 heteroatoms. The van der Waals surface area contributed by atoms with Crippen LogP contribution in [0.4, 0.5) is 0 Å². The summed E-state index contributed by atoms with van der Waals surface area (Å²) in [7, 11) is 0. The third kappa shape index (κ3) is 3.28. The number of nitrogens with zero attached hydrogens (tertiary/aromatic N) is 1. The smallest absolute Gasteiger partial charge is 0.0489 e. The summed E-state index contributed by atoms with van der Waals surface area (Å²) >= 11 is 0. The number of hydrogen-bond donors (Lipinski definition) is 0. The number of aliphatic imine (C=N–C) groups is 1. The molecule has 2 unspecified atom stereocenters. The molecule has 54 valence electrons. The zero-order valence-electron chi connectivity index (χ0n) is 6.72. The van der Waals surface area contributed by atoms with Crippen LogP contribution >= 0.6 is 0 Å². The van der Waals surface area contributed by atoms with Gasteiger partial charge in [0.15, 0.2) is 0 Å². The molecule has 2 atom stereocenters. The summed E-state index contributed by atoms with van der Waals surface area (Å²) < 4.78 is 0. The molecule has 0 fully saturated rings. The molecule has 0 aliphatic carbocycles. The lowest BCUT2D eigenvalue weighted by atomic mass is 9.99. The SMILES string of the molecule is C=NC(C)C(C)CCC. The monoisotopic (exact) mass is 127 g/mol. The van der Waals surface area contributed by atoms with E-state index < -0.39 is 0 Å². The number of rotatable bonds is 4. The van der Waals surface area contributed by atoms with E-state index in [1.165, 1.54) is 12.8 Å². The lowest BCUT2D eigenvalue weighted by Crippen LogP contribution is -2.10. The summed E-state index contributed by atoms with van der Waals surface area (Å²) in [6.07, 6.45) is 2.52. The van der Waals surface area contributed by atoms with Gasteiger partial charge in [-0.25, -0.2) is 0 Å². The van der Waals surface area contributed by atoms with Gasteiger partial charge in [-0.3, -0.25) is 4.99 Å². The van der Waals surface area contributed by atoms with Crippen molar-refractivity contribution in [3.05, 3.63) is 0 Å². The van der Waals surface area contributed by atoms with Crippen LogP contribution in [0.15, 0.2) is 4.99 Å². The predicted molar refractivity (Wildman–Crippen MR) is 43.1 cm³/mol. The van der Waals surface area contributed by atoms with E-state index in [4.69, 9.17) is 0 Å². The Hall–Kier alpha value is -0.330. The van der Waals surface area contributed by atoms with Crippen molar-refractivity contribution in [2.24, 2.45) is 10.9 Å². The molecule has 0 aliphatic heterocycles. The largest absolute Gasteiger partial charge is 0.298 e. The summed E-state index contributed by atoms with van der Waals surface area (Å²) in [5.41, 5.74) is 0. The highest BCUT2D eigenvalue weighted by atomic mass is 14.7. The maximum Gasteiger partial charge on any atom is 0.0489 e. The van der Waals surface area contributed by atoms with Gasteiger partial charge < -0.3 is 0 Å². The molecule has 1 nitrogen and oxygen atoms in total. The lowest BCUT2D eigenvalue weighted by molar-refractivity contribution is 0.449. The molecule has 0 aliphatic rings. The standard InChI is InChI=1S/C8H17N/c1-5-6-7(2)8(3)9-4/h7-8H,4-6H2,1-3H3. The fourth-order valence-corrected chi connectivity index (χ4v) is 0.876. The molecular formula is C8H17N. The Balaban J connectivity index is 3.44. The van der Waals surface area contributed by atoms with Crippen LogP contribution < -0.4 is 0 Å². The van der Waals surface area contributed by atoms with Crippen molar-refractivity contribution in [1.29, 1.82) is 0 Å². The lowest BCUT2D eigenvalue weighted by Gasteiger charge is -2.13. The van der Waals surface area contributed by atoms with E-state index >= 15 is 0 Å². The van der Waals surface area contributed by atoms with Gasteiger partial charge >= 0.3 is 0 Å². The average molecular weight is 127 g/mol. The average Bonchev–Trinajstić information content (AvgIpc) is 1.87. The second-order valence-electron chi connectivity index (χ2n) is 2.69. The van der Waals surface area contributed by atoms with Crippen LogP contribution in [0.5, 0.6) is 0 Å². The quantitative estimate of drug-likeness (QED) is 0.514. The Bertz CT molecular complexity index is 78.6. The zero-order chi connectivity index (χ0) is 7.28. The van der Waals surface area contributed by atoms with Crippen LogP contribution in [-0.4, -0.2) is 12.8 Å². The second kappa shape index (κ2) is 4.54. The van der Waals surface area contributed by atoms with E-state index in [1.54, 1.807) is 0 Å². The molecule has 0 heterocycles. The van der Waals surface area contributed by atoms with Gasteiger partial charge in [-0.15, -0.1) is 0 Å². The molecule has 0 bridgehead atoms. The molecule has 0 aromatic heterocycles. The highest BCUT2D eigenvalue weighted by molar-refractivity contribution is 5.24. The molecule has 0 amide bonds. The van der Waals surface area contributed by atoms with Gasteiger partial charge in [0.05, 0.1) is 0 Å². The molecule has 0 rings (SSSR count). The molecule has 0 saturated heterocycles. The van der Waals surface area contributed by atoms with Crippen molar-refractivity contribution in [1.82, 2.24) is 0 Å². The van der Waals surface area contributed by atoms with Gasteiger partial charge in [-0.2, -0.15) is 0 Å². The molecule has 9 heavy (non-hydrogen) atoms. The summed E-state index contributed by atoms with van der Waals surface area (Å²) in [6, 6.07) is 0.435. The first-order chi connectivity index (χ1) is 4.22. The van der Waals surface area contributed by atoms with Gasteiger partial charge in [0.25, 0.3) is 0 Å². The zero-order valence-corrected chi connectivity index (χ0v) is 6.72. The molecule has 0 aromatic rings. The Kier molecular flexibility index (Phi) is 4.37. The molecule has 0 radical (unpaired) electrons. The van der Waals surface area contributed by atoms with Crippen molar-refractivity contribution in [2.75, 3.05) is 0 Å². The Morgan fingerprint density at radius 2 is 2.00 bits per heavy atom. The summed E-state index contributed by atoms with van der Waals surface area (Å²) in [5, 5.41) is 0. The Labute approximate surface area is 58.2 Å². The number of hydrogen-bond acceptors (Lipinski definition) is 1. The van der Waals surface area contributed by atoms with E-state index in [1.807, 2.05) is 0 Å². The summed E-state index contributed by atoms with van der Waals surface area (Å²) in [4.78, 5) is 3.96. The van der Waals surface area contributed by atoms with E-state index in [0.717, 1.165) is 0 Å². The van der Waals surface area contributed by atoms with Crippen molar-refractivity contribution < 1.29 is 0 Å². The Morgan fingerprint density at radius 1 is 1.44 bits per heavy atom. The fourth-order valence-electron chi connectivity index (χ4n) is 0.876. The van der Waals surface area contributed by atoms with E-state index in [2.05, 4.69) is 32.5 Å². The van der Waals surface area contributed by atoms with Gasteiger partial charge in [0.2, 0.25) is 0 Å². The van der Waals surface area contributed by atoms with Gasteiger partial charge in [-0.05, 0) is 26.0 Å². The maximum absolute atomic E-state index is 3.96. The molecule has 0 saturated carbocycles. The third-order valence-electron chi connectivity index (χ3n) is 1.86. The summed E-state index contributed by atoms with van der Waals surface area (Å²) in [6.45, 7) is 10.1. The van der Waals surface area contributed by atoms with Crippen LogP contribution in [0.3, 0.4) is 0 Å². The minimum Gasteiger partial charge on any atom is -0.298 e. The van der Waals surface area contributed by atoms with Crippen LogP contribution in [0.1, 0.15) is 33.6 Å². The van der Waals surface area contributed by atoms with Crippen LogP contribution in [0, 0.1) is 5.92 Å². The fraction of sp³-hybridized carbons (Fsp3) is 0.875. The molecule has 0 aromatic carbocycles. The van der Waals surface area contributed by atoms with Crippen molar-refractivity contribution in [3.63, 3.8) is 0 Å². The minimum absolute atomic E-state index is 0.435. The van der Waals surface area contributed by atoms with Gasteiger partial charge in [-0.1, -0.05) is 20.3 Å². The van der Waals surface area contributed by atoms with Gasteiger partial charge in [0, 0.05) is 6.04 Å². The normalized spacial score (nSPS) is 16.8. The first-order valence-corrected chi connectivity index (χ1v) is 3.68. The van der Waals surface area contributed by atoms with E-state index in [-0.39, 0.29) is 0 Å². The first kappa shape index (κ1) is 8.67. The van der Waals surface area contributed by atoms with Crippen LogP contribution in [-0.2, 0) is 0 Å². The van der Waals surface area contributed by atoms with E-state index in [0.29, 0.717) is 12.0 Å². The molecule has 0 N–H and O–H groups in total. The minimum atomic E-state index is 0.435. The summed E-state index contributed by atoms with van der Waals surface area (Å²) in [5.74, 6) is 0.701. The van der Waals surface area contributed by atoms with E-state index in [9.17, 15) is 0 Å². The van der Waals surface area contributed by atoms with Crippen LogP contribution in [0.25, 0.3) is 0 Å². The first-order valence-electron chi connectivity index (χ1n) is 3.68. The second-order valence-corrected chi connectivity index (χ2v) is 2.69. The van der Waals surface area contributed by atoms with Crippen LogP contribution in [0.2, 0.25) is 0 Å². The van der Waals surface area contributed by atoms with Crippen molar-refractivity contribution in [3.8, 4) is 0 Å². The molecule has 0 spiro atoms. The highest BCUT2D eigenvalue weighted by Gasteiger charge is 2.06.